The Morgan fingerprint density at radius 3 is 1.53 bits per heavy atom. The third-order valence-electron chi connectivity index (χ3n) is 10.8. The summed E-state index contributed by atoms with van der Waals surface area (Å²) >= 11 is 0. The molecule has 0 unspecified atom stereocenters. The molecule has 5 heteroatoms. The number of fused-ring (bicyclic) bond motifs is 10. The van der Waals surface area contributed by atoms with E-state index in [1.165, 1.54) is 12.1 Å². The lowest BCUT2D eigenvalue weighted by Crippen LogP contribution is -1.98. The summed E-state index contributed by atoms with van der Waals surface area (Å²) in [5.74, 6) is 0.560. The van der Waals surface area contributed by atoms with Gasteiger partial charge in [-0.3, -0.25) is 0 Å². The summed E-state index contributed by atoms with van der Waals surface area (Å²) < 4.78 is 65.2. The van der Waals surface area contributed by atoms with Crippen molar-refractivity contribution in [3.63, 3.8) is 0 Å². The molecule has 8 aromatic carbocycles. The van der Waals surface area contributed by atoms with Gasteiger partial charge in [-0.05, 0) is 66.7 Å². The minimum atomic E-state index is -0.0626. The predicted octanol–water partition coefficient (Wildman–Crippen LogP) is 13.6. The zero-order valence-corrected chi connectivity index (χ0v) is 30.2. The monoisotopic (exact) mass is 734 g/mol. The molecule has 0 N–H and O–H groups in total. The van der Waals surface area contributed by atoms with Gasteiger partial charge in [0.05, 0.1) is 41.7 Å². The molecular weight excluding hydrogens is 697 g/mol. The highest BCUT2D eigenvalue weighted by atomic mass is 16.3. The van der Waals surface area contributed by atoms with E-state index >= 15 is 0 Å². The van der Waals surface area contributed by atoms with Crippen LogP contribution in [0.15, 0.2) is 198 Å². The summed E-state index contributed by atoms with van der Waals surface area (Å²) in [4.78, 5) is 10.2. The van der Waals surface area contributed by atoms with Crippen LogP contribution in [0.25, 0.3) is 111 Å². The lowest BCUT2D eigenvalue weighted by Gasteiger charge is -2.12. The molecule has 12 aromatic rings. The molecule has 4 heterocycles. The summed E-state index contributed by atoms with van der Waals surface area (Å²) in [6.45, 7) is 0. The average Bonchev–Trinajstić information content (AvgIpc) is 3.96. The quantitative estimate of drug-likeness (QED) is 0.177. The molecule has 0 spiro atoms. The van der Waals surface area contributed by atoms with E-state index in [4.69, 9.17) is 18.5 Å². The highest BCUT2D eigenvalue weighted by Gasteiger charge is 2.22. The molecule has 266 valence electrons. The molecule has 0 bridgehead atoms. The largest absolute Gasteiger partial charge is 0.456 e. The summed E-state index contributed by atoms with van der Waals surface area (Å²) in [6, 6.07) is 50.2. The van der Waals surface area contributed by atoms with Gasteiger partial charge in [0.1, 0.15) is 11.2 Å². The van der Waals surface area contributed by atoms with Crippen molar-refractivity contribution in [2.75, 3.05) is 0 Å². The van der Waals surface area contributed by atoms with Crippen molar-refractivity contribution < 1.29 is 12.6 Å². The van der Waals surface area contributed by atoms with Crippen molar-refractivity contribution >= 4 is 65.6 Å². The van der Waals surface area contributed by atoms with Gasteiger partial charge < -0.3 is 13.6 Å². The second-order valence-electron chi connectivity index (χ2n) is 14.1. The third kappa shape index (κ3) is 4.89. The van der Waals surface area contributed by atoms with Gasteiger partial charge in [0.25, 0.3) is 0 Å². The molecule has 0 atom stereocenters. The Hall–Kier alpha value is -7.76. The maximum atomic E-state index is 9.57. The topological polar surface area (TPSA) is 48.8 Å². The molecule has 5 nitrogen and oxygen atoms in total. The van der Waals surface area contributed by atoms with E-state index in [9.17, 15) is 4.11 Å². The molecule has 0 amide bonds. The van der Waals surface area contributed by atoms with Crippen molar-refractivity contribution in [3.8, 4) is 45.3 Å². The molecule has 0 saturated carbocycles. The van der Waals surface area contributed by atoms with Crippen LogP contribution >= 0.6 is 0 Å². The Morgan fingerprint density at radius 2 is 0.930 bits per heavy atom. The SMILES string of the molecule is [2H]c1cc([2H])c2c(c1)c1c([2H])c([2H])c3c4cc([2H])cc([2H])c4n(-c4ccc5oc6ccc(-c7nc(-c8ccccc8)cc(-c8ccccc8)n7)cc6c5c4)c3c1n2-c1ccccc1. The minimum absolute atomic E-state index is 0.0547. The molecule has 12 rings (SSSR count). The van der Waals surface area contributed by atoms with E-state index in [2.05, 4.69) is 0 Å². The van der Waals surface area contributed by atoms with E-state index in [1.54, 1.807) is 12.1 Å². The van der Waals surface area contributed by atoms with Crippen LogP contribution < -0.4 is 0 Å². The van der Waals surface area contributed by atoms with Crippen LogP contribution in [-0.2, 0) is 0 Å². The van der Waals surface area contributed by atoms with E-state index in [-0.39, 0.29) is 36.3 Å². The Labute approximate surface area is 335 Å². The Balaban J connectivity index is 1.16. The minimum Gasteiger partial charge on any atom is -0.456 e. The van der Waals surface area contributed by atoms with Gasteiger partial charge in [0, 0.05) is 60.4 Å². The maximum Gasteiger partial charge on any atom is 0.160 e. The highest BCUT2D eigenvalue weighted by molar-refractivity contribution is 6.24. The van der Waals surface area contributed by atoms with Crippen molar-refractivity contribution in [2.45, 2.75) is 0 Å². The Bertz CT molecular complexity index is 3800. The molecule has 0 aliphatic carbocycles. The number of furan rings is 1. The van der Waals surface area contributed by atoms with Gasteiger partial charge in [-0.2, -0.15) is 0 Å². The molecule has 0 radical (unpaired) electrons. The van der Waals surface area contributed by atoms with Crippen molar-refractivity contribution in [1.82, 2.24) is 19.1 Å². The van der Waals surface area contributed by atoms with Gasteiger partial charge in [-0.25, -0.2) is 9.97 Å². The van der Waals surface area contributed by atoms with Crippen molar-refractivity contribution in [2.24, 2.45) is 0 Å². The molecule has 4 aromatic heterocycles. The van der Waals surface area contributed by atoms with E-state index in [0.717, 1.165) is 44.5 Å². The third-order valence-corrected chi connectivity index (χ3v) is 10.8. The van der Waals surface area contributed by atoms with Crippen LogP contribution in [0.2, 0.25) is 0 Å². The summed E-state index contributed by atoms with van der Waals surface area (Å²) in [5, 5.41) is 3.52. The lowest BCUT2D eigenvalue weighted by atomic mass is 10.1. The van der Waals surface area contributed by atoms with E-state index in [1.807, 2.05) is 143 Å². The fraction of sp³-hybridized carbons (Fsp3) is 0. The van der Waals surface area contributed by atoms with E-state index in [0.29, 0.717) is 66.3 Å². The first-order valence-electron chi connectivity index (χ1n) is 21.7. The van der Waals surface area contributed by atoms with Crippen LogP contribution in [0.4, 0.5) is 0 Å². The number of rotatable bonds is 5. The Morgan fingerprint density at radius 1 is 0.404 bits per heavy atom. The summed E-state index contributed by atoms with van der Waals surface area (Å²) in [5.41, 5.74) is 9.19. The van der Waals surface area contributed by atoms with Crippen LogP contribution in [0.3, 0.4) is 0 Å². The number of nitrogens with zero attached hydrogens (tertiary/aromatic N) is 4. The van der Waals surface area contributed by atoms with Crippen molar-refractivity contribution in [1.29, 1.82) is 0 Å². The number of hydrogen-bond acceptors (Lipinski definition) is 3. The summed E-state index contributed by atoms with van der Waals surface area (Å²) in [7, 11) is 0. The Kier molecular flexibility index (Phi) is 5.67. The molecule has 0 aliphatic heterocycles. The van der Waals surface area contributed by atoms with Crippen LogP contribution in [-0.4, -0.2) is 19.1 Å². The molecular formula is C52H32N4O. The molecule has 57 heavy (non-hydrogen) atoms. The zero-order valence-electron chi connectivity index (χ0n) is 36.2. The van der Waals surface area contributed by atoms with Crippen LogP contribution in [0, 0.1) is 0 Å². The summed E-state index contributed by atoms with van der Waals surface area (Å²) in [6.07, 6.45) is 0. The van der Waals surface area contributed by atoms with Gasteiger partial charge in [0.2, 0.25) is 0 Å². The van der Waals surface area contributed by atoms with E-state index < -0.39 is 0 Å². The van der Waals surface area contributed by atoms with Crippen LogP contribution in [0.1, 0.15) is 8.22 Å². The smallest absolute Gasteiger partial charge is 0.160 e. The fourth-order valence-corrected chi connectivity index (χ4v) is 8.27. The first-order valence-corrected chi connectivity index (χ1v) is 18.7. The second-order valence-corrected chi connectivity index (χ2v) is 14.1. The maximum absolute atomic E-state index is 9.57. The first kappa shape index (κ1) is 26.1. The number of aromatic nitrogens is 4. The van der Waals surface area contributed by atoms with Crippen molar-refractivity contribution in [3.05, 3.63) is 194 Å². The van der Waals surface area contributed by atoms with Gasteiger partial charge in [-0.1, -0.05) is 127 Å². The highest BCUT2D eigenvalue weighted by Crippen LogP contribution is 2.43. The molecule has 0 saturated heterocycles. The lowest BCUT2D eigenvalue weighted by molar-refractivity contribution is 0.669. The number of benzene rings is 8. The fourth-order valence-electron chi connectivity index (χ4n) is 8.27. The molecule has 0 fully saturated rings. The normalized spacial score (nSPS) is 13.3. The van der Waals surface area contributed by atoms with Gasteiger partial charge >= 0.3 is 0 Å². The van der Waals surface area contributed by atoms with Crippen LogP contribution in [0.5, 0.6) is 0 Å². The average molecular weight is 735 g/mol. The van der Waals surface area contributed by atoms with Gasteiger partial charge in [-0.15, -0.1) is 0 Å². The molecule has 0 aliphatic rings. The first-order chi connectivity index (χ1) is 30.7. The predicted molar refractivity (Wildman–Crippen MR) is 234 cm³/mol. The standard InChI is InChI=1S/C52H32N4O/c1-4-14-33(15-5-1)44-32-45(34-16-6-2-7-17-34)54-52(53-44)35-24-28-48-42(30-35)43-31-37(25-29-49(43)57-48)56-47-23-13-11-21-39(47)41-27-26-40-38-20-10-12-22-46(38)55(50(40)51(41)56)36-18-8-3-9-19-36/h1-32H/i10D,11D,22D,23D,26D,27D. The zero-order chi connectivity index (χ0) is 42.7. The second kappa shape index (κ2) is 12.4. The van der Waals surface area contributed by atoms with Gasteiger partial charge in [0.15, 0.2) is 5.82 Å². The number of hydrogen-bond donors (Lipinski definition) is 0. The number of para-hydroxylation sites is 3.